The first-order valence-corrected chi connectivity index (χ1v) is 9.73. The van der Waals surface area contributed by atoms with Crippen LogP contribution in [0.15, 0.2) is 24.3 Å². The zero-order valence-corrected chi connectivity index (χ0v) is 16.1. The van der Waals surface area contributed by atoms with Gasteiger partial charge in [-0.05, 0) is 44.4 Å². The molecule has 0 bridgehead atoms. The second-order valence-electron chi connectivity index (χ2n) is 7.39. The molecule has 1 aromatic rings. The van der Waals surface area contributed by atoms with E-state index in [-0.39, 0.29) is 17.3 Å². The smallest absolute Gasteiger partial charge is 0.318 e. The van der Waals surface area contributed by atoms with Crippen LogP contribution in [0.4, 0.5) is 4.79 Å². The van der Waals surface area contributed by atoms with Crippen molar-refractivity contribution < 1.29 is 17.4 Å². The summed E-state index contributed by atoms with van der Waals surface area (Å²) < 4.78 is 27.1. The Morgan fingerprint density at radius 1 is 1.21 bits per heavy atom. The van der Waals surface area contributed by atoms with E-state index in [0.29, 0.717) is 19.0 Å². The molecular formula is C17H28N2O4S. The van der Waals surface area contributed by atoms with Crippen LogP contribution >= 0.6 is 0 Å². The Kier molecular flexibility index (Phi) is 6.66. The van der Waals surface area contributed by atoms with E-state index in [9.17, 15) is 13.2 Å². The van der Waals surface area contributed by atoms with Crippen molar-refractivity contribution in [2.24, 2.45) is 5.92 Å². The number of amides is 2. The van der Waals surface area contributed by atoms with Gasteiger partial charge in [0.05, 0.1) is 6.26 Å². The monoisotopic (exact) mass is 356 g/mol. The van der Waals surface area contributed by atoms with Crippen molar-refractivity contribution in [3.05, 3.63) is 29.8 Å². The summed E-state index contributed by atoms with van der Waals surface area (Å²) in [6, 6.07) is 6.58. The van der Waals surface area contributed by atoms with E-state index >= 15 is 0 Å². The minimum Gasteiger partial charge on any atom is -0.383 e. The number of urea groups is 1. The van der Waals surface area contributed by atoms with Gasteiger partial charge in [-0.2, -0.15) is 8.42 Å². The van der Waals surface area contributed by atoms with Crippen LogP contribution in [-0.2, 0) is 16.7 Å². The summed E-state index contributed by atoms with van der Waals surface area (Å²) >= 11 is 0. The third-order valence-corrected chi connectivity index (χ3v) is 3.39. The predicted molar refractivity (Wildman–Crippen MR) is 95.4 cm³/mol. The van der Waals surface area contributed by atoms with Gasteiger partial charge in [0.2, 0.25) is 0 Å². The molecule has 6 nitrogen and oxygen atoms in total. The maximum absolute atomic E-state index is 12.5. The van der Waals surface area contributed by atoms with Crippen molar-refractivity contribution in [3.8, 4) is 5.75 Å². The topological polar surface area (TPSA) is 75.7 Å². The molecule has 24 heavy (non-hydrogen) atoms. The number of benzene rings is 1. The van der Waals surface area contributed by atoms with Gasteiger partial charge in [-0.1, -0.05) is 26.0 Å². The Bertz CT molecular complexity index is 646. The Morgan fingerprint density at radius 2 is 1.75 bits per heavy atom. The normalized spacial score (nSPS) is 12.1. The van der Waals surface area contributed by atoms with Crippen LogP contribution in [0.2, 0.25) is 0 Å². The lowest BCUT2D eigenvalue weighted by Crippen LogP contribution is -2.49. The summed E-state index contributed by atoms with van der Waals surface area (Å²) in [7, 11) is -3.54. The molecule has 0 aliphatic heterocycles. The average Bonchev–Trinajstić information content (AvgIpc) is 2.36. The molecule has 0 saturated carbocycles. The lowest BCUT2D eigenvalue weighted by molar-refractivity contribution is 0.179. The molecule has 0 aliphatic rings. The van der Waals surface area contributed by atoms with Gasteiger partial charge in [0, 0.05) is 18.6 Å². The first kappa shape index (κ1) is 20.3. The molecule has 7 heteroatoms. The third kappa shape index (κ3) is 8.19. The molecule has 1 N–H and O–H groups in total. The summed E-state index contributed by atoms with van der Waals surface area (Å²) in [5.74, 6) is 0.597. The molecule has 0 unspecified atom stereocenters. The summed E-state index contributed by atoms with van der Waals surface area (Å²) in [4.78, 5) is 14.2. The van der Waals surface area contributed by atoms with Gasteiger partial charge in [0.1, 0.15) is 5.75 Å². The van der Waals surface area contributed by atoms with Crippen molar-refractivity contribution in [3.63, 3.8) is 0 Å². The molecule has 0 heterocycles. The highest BCUT2D eigenvalue weighted by molar-refractivity contribution is 7.86. The maximum Gasteiger partial charge on any atom is 0.318 e. The lowest BCUT2D eigenvalue weighted by atomic mass is 10.1. The zero-order valence-electron chi connectivity index (χ0n) is 15.3. The predicted octanol–water partition coefficient (Wildman–Crippen LogP) is 2.99. The number of nitrogens with one attached hydrogen (secondary N) is 1. The summed E-state index contributed by atoms with van der Waals surface area (Å²) in [5, 5.41) is 2.97. The van der Waals surface area contributed by atoms with Gasteiger partial charge in [0.25, 0.3) is 0 Å². The van der Waals surface area contributed by atoms with Crippen LogP contribution in [-0.4, -0.2) is 37.7 Å². The molecule has 2 amide bonds. The molecular weight excluding hydrogens is 328 g/mol. The van der Waals surface area contributed by atoms with Gasteiger partial charge < -0.3 is 14.4 Å². The SMILES string of the molecule is CC(C)CN(Cc1ccc(OS(C)(=O)=O)cc1)C(=O)NC(C)(C)C. The minimum atomic E-state index is -3.54. The fraction of sp³-hybridized carbons (Fsp3) is 0.588. The highest BCUT2D eigenvalue weighted by Crippen LogP contribution is 2.16. The van der Waals surface area contributed by atoms with Crippen LogP contribution in [0.5, 0.6) is 5.75 Å². The lowest BCUT2D eigenvalue weighted by Gasteiger charge is -2.29. The third-order valence-electron chi connectivity index (χ3n) is 2.90. The number of carbonyl (C=O) groups is 1. The number of rotatable bonds is 6. The Morgan fingerprint density at radius 3 is 2.17 bits per heavy atom. The number of hydrogen-bond acceptors (Lipinski definition) is 4. The number of carbonyl (C=O) groups excluding carboxylic acids is 1. The van der Waals surface area contributed by atoms with Gasteiger partial charge in [-0.25, -0.2) is 4.79 Å². The molecule has 0 spiro atoms. The summed E-state index contributed by atoms with van der Waals surface area (Å²) in [6.45, 7) is 11.0. The highest BCUT2D eigenvalue weighted by Gasteiger charge is 2.20. The Balaban J connectivity index is 2.84. The fourth-order valence-corrected chi connectivity index (χ4v) is 2.57. The number of nitrogens with zero attached hydrogens (tertiary/aromatic N) is 1. The fourth-order valence-electron chi connectivity index (χ4n) is 2.11. The molecule has 1 aromatic carbocycles. The van der Waals surface area contributed by atoms with Crippen LogP contribution in [0.1, 0.15) is 40.2 Å². The van der Waals surface area contributed by atoms with Crippen LogP contribution < -0.4 is 9.50 Å². The molecule has 0 fully saturated rings. The molecule has 136 valence electrons. The molecule has 0 atom stereocenters. The first-order valence-electron chi connectivity index (χ1n) is 7.91. The van der Waals surface area contributed by atoms with E-state index < -0.39 is 10.1 Å². The summed E-state index contributed by atoms with van der Waals surface area (Å²) in [5.41, 5.74) is 0.597. The van der Waals surface area contributed by atoms with Crippen molar-refractivity contribution >= 4 is 16.1 Å². The second kappa shape index (κ2) is 7.88. The molecule has 0 aliphatic carbocycles. The summed E-state index contributed by atoms with van der Waals surface area (Å²) in [6.07, 6.45) is 1.00. The van der Waals surface area contributed by atoms with E-state index in [0.717, 1.165) is 11.8 Å². The number of hydrogen-bond donors (Lipinski definition) is 1. The van der Waals surface area contributed by atoms with Gasteiger partial charge in [0.15, 0.2) is 0 Å². The van der Waals surface area contributed by atoms with Gasteiger partial charge in [-0.15, -0.1) is 0 Å². The van der Waals surface area contributed by atoms with Gasteiger partial charge in [-0.3, -0.25) is 0 Å². The van der Waals surface area contributed by atoms with E-state index in [4.69, 9.17) is 4.18 Å². The van der Waals surface area contributed by atoms with E-state index in [1.807, 2.05) is 20.8 Å². The Labute approximate surface area is 145 Å². The van der Waals surface area contributed by atoms with E-state index in [1.54, 1.807) is 29.2 Å². The molecule has 0 saturated heterocycles. The quantitative estimate of drug-likeness (QED) is 0.795. The van der Waals surface area contributed by atoms with Crippen molar-refractivity contribution in [2.75, 3.05) is 12.8 Å². The van der Waals surface area contributed by atoms with Crippen LogP contribution in [0.3, 0.4) is 0 Å². The van der Waals surface area contributed by atoms with Crippen molar-refractivity contribution in [2.45, 2.75) is 46.7 Å². The highest BCUT2D eigenvalue weighted by atomic mass is 32.2. The molecule has 0 aromatic heterocycles. The van der Waals surface area contributed by atoms with Crippen LogP contribution in [0.25, 0.3) is 0 Å². The van der Waals surface area contributed by atoms with Crippen molar-refractivity contribution in [1.82, 2.24) is 10.2 Å². The average molecular weight is 356 g/mol. The second-order valence-corrected chi connectivity index (χ2v) is 8.96. The van der Waals surface area contributed by atoms with Gasteiger partial charge >= 0.3 is 16.1 Å². The van der Waals surface area contributed by atoms with E-state index in [1.165, 1.54) is 0 Å². The molecule has 1 rings (SSSR count). The van der Waals surface area contributed by atoms with Crippen molar-refractivity contribution in [1.29, 1.82) is 0 Å². The first-order chi connectivity index (χ1) is 10.9. The Hall–Kier alpha value is -1.76. The van der Waals surface area contributed by atoms with Crippen LogP contribution in [0, 0.1) is 5.92 Å². The van der Waals surface area contributed by atoms with E-state index in [2.05, 4.69) is 19.2 Å². The maximum atomic E-state index is 12.5. The standard InChI is InChI=1S/C17H28N2O4S/c1-13(2)11-19(16(20)18-17(3,4)5)12-14-7-9-15(10-8-14)23-24(6,21)22/h7-10,13H,11-12H2,1-6H3,(H,18,20). The minimum absolute atomic E-state index is 0.118. The largest absolute Gasteiger partial charge is 0.383 e. The zero-order chi connectivity index (χ0) is 18.5. The molecule has 0 radical (unpaired) electrons.